The number of carbonyl (C=O) groups excluding carboxylic acids is 1. The Balaban J connectivity index is 1.50. The summed E-state index contributed by atoms with van der Waals surface area (Å²) in [5.41, 5.74) is 2.43. The Morgan fingerprint density at radius 1 is 1.11 bits per heavy atom. The first kappa shape index (κ1) is 22.0. The molecular formula is C26H22N4O7. The quantitative estimate of drug-likeness (QED) is 0.351. The van der Waals surface area contributed by atoms with Crippen LogP contribution in [-0.4, -0.2) is 42.1 Å². The van der Waals surface area contributed by atoms with Gasteiger partial charge < -0.3 is 33.6 Å². The van der Waals surface area contributed by atoms with Gasteiger partial charge in [0, 0.05) is 29.1 Å². The molecule has 0 amide bonds. The molecule has 0 radical (unpaired) electrons. The van der Waals surface area contributed by atoms with E-state index in [1.807, 2.05) is 10.6 Å². The van der Waals surface area contributed by atoms with Gasteiger partial charge in [-0.1, -0.05) is 6.92 Å². The maximum atomic E-state index is 13.6. The fourth-order valence-corrected chi connectivity index (χ4v) is 5.53. The minimum absolute atomic E-state index is 0.0685. The van der Waals surface area contributed by atoms with Gasteiger partial charge in [-0.3, -0.25) is 4.79 Å². The highest BCUT2D eigenvalue weighted by molar-refractivity contribution is 5.91. The Morgan fingerprint density at radius 3 is 2.70 bits per heavy atom. The molecule has 3 aliphatic rings. The van der Waals surface area contributed by atoms with Crippen LogP contribution in [0.5, 0.6) is 11.5 Å². The van der Waals surface area contributed by atoms with Crippen LogP contribution in [0.15, 0.2) is 35.5 Å². The van der Waals surface area contributed by atoms with Gasteiger partial charge in [0.2, 0.25) is 6.79 Å². The average Bonchev–Trinajstić information content (AvgIpc) is 3.64. The van der Waals surface area contributed by atoms with Gasteiger partial charge in [-0.05, 0) is 24.1 Å². The fourth-order valence-electron chi connectivity index (χ4n) is 5.53. The number of cyclic esters (lactones) is 1. The number of pyridine rings is 2. The Morgan fingerprint density at radius 2 is 1.92 bits per heavy atom. The topological polar surface area (TPSA) is 138 Å². The van der Waals surface area contributed by atoms with Gasteiger partial charge in [-0.25, -0.2) is 14.8 Å². The van der Waals surface area contributed by atoms with E-state index in [9.17, 15) is 19.8 Å². The molecule has 3 aromatic heterocycles. The van der Waals surface area contributed by atoms with Gasteiger partial charge >= 0.3 is 5.97 Å². The number of ether oxygens (including phenoxy) is 3. The van der Waals surface area contributed by atoms with Gasteiger partial charge in [-0.2, -0.15) is 0 Å². The predicted molar refractivity (Wildman–Crippen MR) is 128 cm³/mol. The maximum Gasteiger partial charge on any atom is 0.343 e. The maximum absolute atomic E-state index is 13.6. The van der Waals surface area contributed by atoms with E-state index in [4.69, 9.17) is 19.2 Å². The number of carbonyl (C=O) groups is 1. The molecule has 4 aromatic rings. The average molecular weight is 502 g/mol. The van der Waals surface area contributed by atoms with Crippen LogP contribution >= 0.6 is 0 Å². The van der Waals surface area contributed by atoms with E-state index in [0.717, 1.165) is 16.5 Å². The summed E-state index contributed by atoms with van der Waals surface area (Å²) in [5, 5.41) is 21.8. The highest BCUT2D eigenvalue weighted by Crippen LogP contribution is 2.43. The molecule has 188 valence electrons. The second-order valence-electron chi connectivity index (χ2n) is 9.41. The van der Waals surface area contributed by atoms with Gasteiger partial charge in [-0.15, -0.1) is 0 Å². The number of hydrogen-bond donors (Lipinski definition) is 2. The van der Waals surface area contributed by atoms with E-state index >= 15 is 0 Å². The summed E-state index contributed by atoms with van der Waals surface area (Å²) < 4.78 is 19.8. The third-order valence-electron chi connectivity index (χ3n) is 7.59. The van der Waals surface area contributed by atoms with Crippen molar-refractivity contribution in [3.8, 4) is 22.9 Å². The molecule has 0 spiro atoms. The molecule has 1 atom stereocenters. The molecule has 11 heteroatoms. The highest BCUT2D eigenvalue weighted by atomic mass is 16.7. The van der Waals surface area contributed by atoms with Crippen molar-refractivity contribution in [2.75, 3.05) is 6.79 Å². The Kier molecular flexibility index (Phi) is 4.55. The molecular weight excluding hydrogens is 480 g/mol. The zero-order valence-corrected chi connectivity index (χ0v) is 19.9. The van der Waals surface area contributed by atoms with Crippen LogP contribution < -0.4 is 15.0 Å². The normalized spacial score (nSPS) is 19.1. The second kappa shape index (κ2) is 7.64. The molecule has 2 N–H and O–H groups in total. The van der Waals surface area contributed by atoms with E-state index in [0.29, 0.717) is 40.6 Å². The van der Waals surface area contributed by atoms with Crippen molar-refractivity contribution in [2.24, 2.45) is 0 Å². The third kappa shape index (κ3) is 2.95. The number of aliphatic hydroxyl groups is 2. The van der Waals surface area contributed by atoms with Crippen LogP contribution in [0.1, 0.15) is 41.3 Å². The molecule has 0 bridgehead atoms. The van der Waals surface area contributed by atoms with Gasteiger partial charge in [0.25, 0.3) is 5.56 Å². The van der Waals surface area contributed by atoms with E-state index in [-0.39, 0.29) is 49.7 Å². The molecule has 0 unspecified atom stereocenters. The summed E-state index contributed by atoms with van der Waals surface area (Å²) >= 11 is 0. The monoisotopic (exact) mass is 502 g/mol. The molecule has 0 saturated carbocycles. The lowest BCUT2D eigenvalue weighted by atomic mass is 9.86. The molecule has 0 fully saturated rings. The molecule has 6 heterocycles. The lowest BCUT2D eigenvalue weighted by Crippen LogP contribution is -2.44. The zero-order chi connectivity index (χ0) is 25.5. The number of aliphatic hydroxyl groups excluding tert-OH is 1. The summed E-state index contributed by atoms with van der Waals surface area (Å²) in [5.74, 6) is 0.422. The minimum atomic E-state index is -1.90. The molecule has 3 aliphatic heterocycles. The van der Waals surface area contributed by atoms with Gasteiger partial charge in [0.05, 0.1) is 53.8 Å². The third-order valence-corrected chi connectivity index (χ3v) is 7.59. The van der Waals surface area contributed by atoms with Crippen LogP contribution in [0.4, 0.5) is 0 Å². The Bertz CT molecular complexity index is 1710. The fraction of sp³-hybridized carbons (Fsp3) is 0.308. The summed E-state index contributed by atoms with van der Waals surface area (Å²) in [7, 11) is 0. The first-order valence-corrected chi connectivity index (χ1v) is 11.9. The second-order valence-corrected chi connectivity index (χ2v) is 9.41. The minimum Gasteiger partial charge on any atom is -0.458 e. The highest BCUT2D eigenvalue weighted by Gasteiger charge is 2.45. The molecule has 1 aromatic carbocycles. The number of rotatable bonds is 4. The standard InChI is InChI=1S/C26H22N4O7/c1-2-26(34)18-4-20-23-16(8-30(20)24(32)17(18)10-35-25(26)33)15(7-29-11-27-6-13(29)9-31)14-3-21-22(37-12-36-21)5-19(14)28-23/h3-6,11,31,34H,2,7-10,12H2,1H3/t26-/m0/s1. The number of imidazole rings is 1. The summed E-state index contributed by atoms with van der Waals surface area (Å²) in [6, 6.07) is 5.38. The molecule has 0 aliphatic carbocycles. The van der Waals surface area contributed by atoms with Crippen LogP contribution in [0, 0.1) is 0 Å². The summed E-state index contributed by atoms with van der Waals surface area (Å²) in [6.45, 7) is 2.06. The Hall–Kier alpha value is -4.22. The van der Waals surface area contributed by atoms with Crippen LogP contribution in [0.2, 0.25) is 0 Å². The first-order valence-electron chi connectivity index (χ1n) is 11.9. The van der Waals surface area contributed by atoms with Crippen LogP contribution in [0.25, 0.3) is 22.3 Å². The number of hydrogen-bond acceptors (Lipinski definition) is 9. The number of esters is 1. The van der Waals surface area contributed by atoms with Crippen molar-refractivity contribution in [3.63, 3.8) is 0 Å². The van der Waals surface area contributed by atoms with Gasteiger partial charge in [0.1, 0.15) is 6.61 Å². The van der Waals surface area contributed by atoms with Gasteiger partial charge in [0.15, 0.2) is 17.1 Å². The number of fused-ring (bicyclic) bond motifs is 6. The van der Waals surface area contributed by atoms with E-state index in [1.165, 1.54) is 0 Å². The van der Waals surface area contributed by atoms with E-state index in [1.54, 1.807) is 36.1 Å². The molecule has 0 saturated heterocycles. The van der Waals surface area contributed by atoms with Crippen molar-refractivity contribution >= 4 is 16.9 Å². The van der Waals surface area contributed by atoms with Crippen molar-refractivity contribution in [1.82, 2.24) is 19.1 Å². The predicted octanol–water partition coefficient (Wildman–Crippen LogP) is 1.55. The first-order chi connectivity index (χ1) is 17.9. The number of aromatic nitrogens is 4. The smallest absolute Gasteiger partial charge is 0.343 e. The van der Waals surface area contributed by atoms with Crippen molar-refractivity contribution in [3.05, 3.63) is 69.0 Å². The SMILES string of the molecule is CC[C@@]1(O)C(=O)OCc2c1cc1n(c2=O)Cc2c-1nc1cc3c(cc1c2Cn1cncc1CO)OCO3. The van der Waals surface area contributed by atoms with E-state index in [2.05, 4.69) is 4.98 Å². The molecule has 7 rings (SSSR count). The van der Waals surface area contributed by atoms with Crippen LogP contribution in [0.3, 0.4) is 0 Å². The van der Waals surface area contributed by atoms with Crippen molar-refractivity contribution < 1.29 is 29.2 Å². The lowest BCUT2D eigenvalue weighted by Gasteiger charge is -2.31. The number of nitrogens with zero attached hydrogens (tertiary/aromatic N) is 4. The largest absolute Gasteiger partial charge is 0.458 e. The van der Waals surface area contributed by atoms with Crippen molar-refractivity contribution in [2.45, 2.75) is 45.2 Å². The summed E-state index contributed by atoms with van der Waals surface area (Å²) in [6.07, 6.45) is 3.32. The Labute approximate surface area is 209 Å². The zero-order valence-electron chi connectivity index (χ0n) is 19.9. The lowest BCUT2D eigenvalue weighted by molar-refractivity contribution is -0.172. The number of benzene rings is 1. The summed E-state index contributed by atoms with van der Waals surface area (Å²) in [4.78, 5) is 35.2. The van der Waals surface area contributed by atoms with Crippen molar-refractivity contribution in [1.29, 1.82) is 0 Å². The molecule has 11 nitrogen and oxygen atoms in total. The molecule has 37 heavy (non-hydrogen) atoms. The van der Waals surface area contributed by atoms with E-state index < -0.39 is 11.6 Å². The van der Waals surface area contributed by atoms with Crippen LogP contribution in [-0.2, 0) is 41.4 Å².